The molecule has 8 nitrogen and oxygen atoms in total. The van der Waals surface area contributed by atoms with Gasteiger partial charge >= 0.3 is 0 Å². The standard InChI is InChI=1S/C26H27N5O3/c1-6-21-29-24-22(26(32)30(21)14-15(2)3)23-25(28-18-10-8-7-9-17(18)27-23)31(24)19-13-16(33-4)11-12-20(19)34-5/h7-13,15H,6,14H2,1-5H3. The minimum Gasteiger partial charge on any atom is -0.497 e. The lowest BCUT2D eigenvalue weighted by molar-refractivity contribution is 0.402. The zero-order valence-corrected chi connectivity index (χ0v) is 20.0. The van der Waals surface area contributed by atoms with Gasteiger partial charge in [-0.3, -0.25) is 13.9 Å². The van der Waals surface area contributed by atoms with Crippen molar-refractivity contribution in [3.05, 3.63) is 58.6 Å². The predicted octanol–water partition coefficient (Wildman–Crippen LogP) is 4.52. The summed E-state index contributed by atoms with van der Waals surface area (Å²) in [5, 5.41) is 0.455. The summed E-state index contributed by atoms with van der Waals surface area (Å²) < 4.78 is 14.8. The second kappa shape index (κ2) is 8.44. The molecular weight excluding hydrogens is 430 g/mol. The highest BCUT2D eigenvalue weighted by molar-refractivity contribution is 6.06. The fraction of sp³-hybridized carbons (Fsp3) is 0.308. The first-order valence-corrected chi connectivity index (χ1v) is 11.4. The number of rotatable bonds is 6. The summed E-state index contributed by atoms with van der Waals surface area (Å²) in [5.41, 5.74) is 3.62. The molecule has 174 valence electrons. The summed E-state index contributed by atoms with van der Waals surface area (Å²) >= 11 is 0. The zero-order chi connectivity index (χ0) is 24.0. The Bertz CT molecular complexity index is 1600. The van der Waals surface area contributed by atoms with E-state index in [-0.39, 0.29) is 5.56 Å². The molecule has 0 saturated carbocycles. The normalized spacial score (nSPS) is 11.7. The molecule has 2 aromatic carbocycles. The molecule has 0 bridgehead atoms. The quantitative estimate of drug-likeness (QED) is 0.373. The summed E-state index contributed by atoms with van der Waals surface area (Å²) in [4.78, 5) is 28.7. The Morgan fingerprint density at radius 1 is 0.941 bits per heavy atom. The molecule has 0 unspecified atom stereocenters. The van der Waals surface area contributed by atoms with E-state index in [1.54, 1.807) is 18.8 Å². The number of benzene rings is 2. The molecule has 5 aromatic rings. The number of nitrogens with zero attached hydrogens (tertiary/aromatic N) is 5. The van der Waals surface area contributed by atoms with Crippen LogP contribution in [0.5, 0.6) is 11.5 Å². The van der Waals surface area contributed by atoms with Crippen LogP contribution in [0.3, 0.4) is 0 Å². The molecule has 0 saturated heterocycles. The molecule has 0 aliphatic carbocycles. The molecule has 8 heteroatoms. The third-order valence-electron chi connectivity index (χ3n) is 5.93. The fourth-order valence-electron chi connectivity index (χ4n) is 4.39. The lowest BCUT2D eigenvalue weighted by Gasteiger charge is -2.15. The Labute approximate surface area is 196 Å². The first-order chi connectivity index (χ1) is 16.5. The summed E-state index contributed by atoms with van der Waals surface area (Å²) in [6.07, 6.45) is 0.623. The van der Waals surface area contributed by atoms with E-state index in [1.165, 1.54) is 0 Å². The maximum absolute atomic E-state index is 13.9. The van der Waals surface area contributed by atoms with E-state index >= 15 is 0 Å². The number of aryl methyl sites for hydroxylation is 1. The molecule has 3 heterocycles. The van der Waals surface area contributed by atoms with Crippen molar-refractivity contribution in [1.82, 2.24) is 24.1 Å². The van der Waals surface area contributed by atoms with Crippen LogP contribution in [-0.2, 0) is 13.0 Å². The highest BCUT2D eigenvalue weighted by atomic mass is 16.5. The van der Waals surface area contributed by atoms with Crippen LogP contribution >= 0.6 is 0 Å². The van der Waals surface area contributed by atoms with Crippen LogP contribution in [0.2, 0.25) is 0 Å². The average Bonchev–Trinajstić information content (AvgIpc) is 3.16. The van der Waals surface area contributed by atoms with Gasteiger partial charge in [-0.15, -0.1) is 0 Å². The molecule has 0 atom stereocenters. The molecule has 0 aliphatic heterocycles. The van der Waals surface area contributed by atoms with E-state index in [1.807, 2.05) is 54.0 Å². The molecule has 3 aromatic heterocycles. The number of para-hydroxylation sites is 2. The molecule has 0 fully saturated rings. The maximum Gasteiger partial charge on any atom is 0.265 e. The number of hydrogen-bond acceptors (Lipinski definition) is 6. The van der Waals surface area contributed by atoms with E-state index in [9.17, 15) is 4.79 Å². The smallest absolute Gasteiger partial charge is 0.265 e. The molecule has 0 spiro atoms. The van der Waals surface area contributed by atoms with Crippen molar-refractivity contribution >= 4 is 33.2 Å². The van der Waals surface area contributed by atoms with Crippen molar-refractivity contribution in [2.75, 3.05) is 14.2 Å². The monoisotopic (exact) mass is 457 g/mol. The third kappa shape index (κ3) is 3.37. The van der Waals surface area contributed by atoms with Crippen molar-refractivity contribution < 1.29 is 9.47 Å². The fourth-order valence-corrected chi connectivity index (χ4v) is 4.39. The number of ether oxygens (including phenoxy) is 2. The van der Waals surface area contributed by atoms with Crippen LogP contribution in [0.1, 0.15) is 26.6 Å². The van der Waals surface area contributed by atoms with Crippen molar-refractivity contribution in [3.63, 3.8) is 0 Å². The van der Waals surface area contributed by atoms with Gasteiger partial charge in [-0.05, 0) is 30.2 Å². The topological polar surface area (TPSA) is 84.1 Å². The van der Waals surface area contributed by atoms with E-state index in [4.69, 9.17) is 24.4 Å². The Morgan fingerprint density at radius 2 is 1.68 bits per heavy atom. The van der Waals surface area contributed by atoms with Crippen LogP contribution in [-0.4, -0.2) is 38.3 Å². The molecular formula is C26H27N5O3. The Balaban J connectivity index is 2.01. The highest BCUT2D eigenvalue weighted by Gasteiger charge is 2.24. The largest absolute Gasteiger partial charge is 0.497 e. The van der Waals surface area contributed by atoms with E-state index < -0.39 is 0 Å². The second-order valence-corrected chi connectivity index (χ2v) is 8.65. The zero-order valence-electron chi connectivity index (χ0n) is 20.0. The van der Waals surface area contributed by atoms with Gasteiger partial charge in [0.1, 0.15) is 28.2 Å². The lowest BCUT2D eigenvalue weighted by atomic mass is 10.2. The maximum atomic E-state index is 13.9. The van der Waals surface area contributed by atoms with Crippen LogP contribution in [0.25, 0.3) is 38.9 Å². The second-order valence-electron chi connectivity index (χ2n) is 8.65. The van der Waals surface area contributed by atoms with Crippen molar-refractivity contribution in [3.8, 4) is 17.2 Å². The van der Waals surface area contributed by atoms with Gasteiger partial charge in [0, 0.05) is 19.0 Å². The number of aromatic nitrogens is 5. The lowest BCUT2D eigenvalue weighted by Crippen LogP contribution is -2.27. The SMILES string of the molecule is CCc1nc2c(c(=O)n1CC(C)C)c1nc3ccccc3nc1n2-c1cc(OC)ccc1OC. The summed E-state index contributed by atoms with van der Waals surface area (Å²) in [7, 11) is 3.23. The van der Waals surface area contributed by atoms with Crippen LogP contribution < -0.4 is 15.0 Å². The Kier molecular flexibility index (Phi) is 5.43. The van der Waals surface area contributed by atoms with E-state index in [2.05, 4.69) is 13.8 Å². The average molecular weight is 458 g/mol. The Hall–Kier alpha value is -3.94. The first kappa shape index (κ1) is 21.9. The predicted molar refractivity (Wildman–Crippen MR) is 133 cm³/mol. The van der Waals surface area contributed by atoms with Gasteiger partial charge in [0.05, 0.1) is 30.9 Å². The summed E-state index contributed by atoms with van der Waals surface area (Å²) in [5.74, 6) is 2.28. The van der Waals surface area contributed by atoms with Crippen LogP contribution in [0.15, 0.2) is 47.3 Å². The van der Waals surface area contributed by atoms with Gasteiger partial charge in [-0.25, -0.2) is 15.0 Å². The van der Waals surface area contributed by atoms with E-state index in [0.717, 1.165) is 16.9 Å². The van der Waals surface area contributed by atoms with Crippen molar-refractivity contribution in [2.45, 2.75) is 33.7 Å². The molecule has 0 aliphatic rings. The summed E-state index contributed by atoms with van der Waals surface area (Å²) in [6.45, 7) is 6.77. The number of hydrogen-bond donors (Lipinski definition) is 0. The summed E-state index contributed by atoms with van der Waals surface area (Å²) in [6, 6.07) is 13.2. The van der Waals surface area contributed by atoms with Gasteiger partial charge in [0.15, 0.2) is 11.3 Å². The number of fused-ring (bicyclic) bond motifs is 4. The van der Waals surface area contributed by atoms with Crippen molar-refractivity contribution in [1.29, 1.82) is 0 Å². The van der Waals surface area contributed by atoms with Gasteiger partial charge in [-0.1, -0.05) is 32.9 Å². The van der Waals surface area contributed by atoms with E-state index in [0.29, 0.717) is 58.3 Å². The van der Waals surface area contributed by atoms with Crippen molar-refractivity contribution in [2.24, 2.45) is 5.92 Å². The first-order valence-electron chi connectivity index (χ1n) is 11.4. The molecule has 0 radical (unpaired) electrons. The Morgan fingerprint density at radius 3 is 2.32 bits per heavy atom. The van der Waals surface area contributed by atoms with Crippen LogP contribution in [0.4, 0.5) is 0 Å². The van der Waals surface area contributed by atoms with Gasteiger partial charge in [0.2, 0.25) is 0 Å². The van der Waals surface area contributed by atoms with Gasteiger partial charge in [-0.2, -0.15) is 0 Å². The molecule has 5 rings (SSSR count). The third-order valence-corrected chi connectivity index (χ3v) is 5.93. The minimum absolute atomic E-state index is 0.106. The highest BCUT2D eigenvalue weighted by Crippen LogP contribution is 2.34. The van der Waals surface area contributed by atoms with Crippen LogP contribution in [0, 0.1) is 5.92 Å². The molecule has 34 heavy (non-hydrogen) atoms. The molecule has 0 N–H and O–H groups in total. The minimum atomic E-state index is -0.106. The van der Waals surface area contributed by atoms with Gasteiger partial charge < -0.3 is 9.47 Å². The molecule has 0 amide bonds. The van der Waals surface area contributed by atoms with Gasteiger partial charge in [0.25, 0.3) is 5.56 Å². The number of methoxy groups -OCH3 is 2.